The van der Waals surface area contributed by atoms with Crippen LogP contribution in [0.25, 0.3) is 0 Å². The van der Waals surface area contributed by atoms with Crippen molar-refractivity contribution >= 4 is 17.3 Å². The summed E-state index contributed by atoms with van der Waals surface area (Å²) in [6.45, 7) is 0. The van der Waals surface area contributed by atoms with E-state index in [0.717, 1.165) is 0 Å². The van der Waals surface area contributed by atoms with E-state index >= 15 is 0 Å². The molecule has 82 valence electrons. The number of benzene rings is 1. The van der Waals surface area contributed by atoms with Crippen molar-refractivity contribution in [1.82, 2.24) is 0 Å². The van der Waals surface area contributed by atoms with Crippen molar-refractivity contribution in [2.24, 2.45) is 5.73 Å². The van der Waals surface area contributed by atoms with E-state index in [1.165, 1.54) is 12.1 Å². The smallest absolute Gasteiger partial charge is 0.320 e. The summed E-state index contributed by atoms with van der Waals surface area (Å²) < 4.78 is 0. The highest BCUT2D eigenvalue weighted by atomic mass is 16.4. The van der Waals surface area contributed by atoms with E-state index < -0.39 is 12.0 Å². The minimum atomic E-state index is -1.10. The number of nitrogen functional groups attached to an aromatic ring is 2. The molecule has 0 saturated heterocycles. The van der Waals surface area contributed by atoms with Gasteiger partial charge >= 0.3 is 5.97 Å². The van der Waals surface area contributed by atoms with Crippen molar-refractivity contribution in [2.45, 2.75) is 12.5 Å². The minimum absolute atomic E-state index is 0.114. The highest BCUT2D eigenvalue weighted by Crippen LogP contribution is 2.29. The predicted octanol–water partition coefficient (Wildman–Crippen LogP) is -0.489. The average Bonchev–Trinajstić information content (AvgIpc) is 2.13. The number of anilines is 2. The van der Waals surface area contributed by atoms with Gasteiger partial charge in [0.1, 0.15) is 6.04 Å². The molecule has 0 amide bonds. The summed E-state index contributed by atoms with van der Waals surface area (Å²) >= 11 is 0. The standard InChI is InChI=1S/C9H13N3O3/c10-5-1-4(2-6(11)8(5)13)3-7(12)9(14)15/h1-2,7,13H,3,10-12H2,(H,14,15). The Morgan fingerprint density at radius 2 is 1.80 bits per heavy atom. The van der Waals surface area contributed by atoms with Crippen LogP contribution in [0.3, 0.4) is 0 Å². The second-order valence-corrected chi connectivity index (χ2v) is 3.27. The van der Waals surface area contributed by atoms with Crippen molar-refractivity contribution in [1.29, 1.82) is 0 Å². The van der Waals surface area contributed by atoms with Gasteiger partial charge in [0.2, 0.25) is 0 Å². The third-order valence-electron chi connectivity index (χ3n) is 2.00. The van der Waals surface area contributed by atoms with Gasteiger partial charge in [0.15, 0.2) is 5.75 Å². The third kappa shape index (κ3) is 2.50. The normalized spacial score (nSPS) is 12.3. The molecule has 1 rings (SSSR count). The molecule has 0 heterocycles. The lowest BCUT2D eigenvalue weighted by Gasteiger charge is -2.09. The van der Waals surface area contributed by atoms with Crippen molar-refractivity contribution in [3.8, 4) is 5.75 Å². The summed E-state index contributed by atoms with van der Waals surface area (Å²) in [5, 5.41) is 17.9. The fourth-order valence-corrected chi connectivity index (χ4v) is 1.20. The Morgan fingerprint density at radius 1 is 1.33 bits per heavy atom. The van der Waals surface area contributed by atoms with E-state index in [2.05, 4.69) is 0 Å². The molecule has 0 bridgehead atoms. The van der Waals surface area contributed by atoms with Gasteiger partial charge in [-0.3, -0.25) is 4.79 Å². The van der Waals surface area contributed by atoms with Gasteiger partial charge in [-0.05, 0) is 24.1 Å². The Hall–Kier alpha value is -1.95. The largest absolute Gasteiger partial charge is 0.504 e. The molecule has 0 radical (unpaired) electrons. The van der Waals surface area contributed by atoms with Crippen LogP contribution in [0.2, 0.25) is 0 Å². The number of phenols is 1. The molecule has 0 aliphatic carbocycles. The van der Waals surface area contributed by atoms with Crippen LogP contribution in [-0.2, 0) is 11.2 Å². The van der Waals surface area contributed by atoms with Crippen LogP contribution < -0.4 is 17.2 Å². The van der Waals surface area contributed by atoms with Crippen LogP contribution in [0, 0.1) is 0 Å². The van der Waals surface area contributed by atoms with Gasteiger partial charge in [-0.15, -0.1) is 0 Å². The second-order valence-electron chi connectivity index (χ2n) is 3.27. The zero-order valence-corrected chi connectivity index (χ0v) is 7.97. The first kappa shape index (κ1) is 11.1. The molecule has 6 heteroatoms. The van der Waals surface area contributed by atoms with E-state index in [1.807, 2.05) is 0 Å². The number of carbonyl (C=O) groups is 1. The van der Waals surface area contributed by atoms with Crippen LogP contribution in [-0.4, -0.2) is 22.2 Å². The number of hydrogen-bond acceptors (Lipinski definition) is 5. The number of aromatic hydroxyl groups is 1. The summed E-state index contributed by atoms with van der Waals surface area (Å²) in [6, 6.07) is 1.90. The van der Waals surface area contributed by atoms with Crippen LogP contribution in [0.5, 0.6) is 5.75 Å². The number of phenolic OH excluding ortho intramolecular Hbond substituents is 1. The molecule has 0 aliphatic rings. The number of rotatable bonds is 3. The maximum absolute atomic E-state index is 10.5. The molecule has 15 heavy (non-hydrogen) atoms. The molecular formula is C9H13N3O3. The third-order valence-corrected chi connectivity index (χ3v) is 2.00. The van der Waals surface area contributed by atoms with E-state index in [0.29, 0.717) is 5.56 Å². The Morgan fingerprint density at radius 3 is 2.20 bits per heavy atom. The van der Waals surface area contributed by atoms with Crippen molar-refractivity contribution in [3.63, 3.8) is 0 Å². The number of nitrogens with two attached hydrogens (primary N) is 3. The first-order valence-electron chi connectivity index (χ1n) is 4.27. The van der Waals surface area contributed by atoms with E-state index in [4.69, 9.17) is 22.3 Å². The highest BCUT2D eigenvalue weighted by molar-refractivity contribution is 5.74. The molecule has 0 aromatic heterocycles. The number of carboxylic acid groups (broad SMARTS) is 1. The zero-order chi connectivity index (χ0) is 11.6. The lowest BCUT2D eigenvalue weighted by molar-refractivity contribution is -0.138. The summed E-state index contributed by atoms with van der Waals surface area (Å²) in [6.07, 6.45) is 0.115. The molecule has 8 N–H and O–H groups in total. The molecule has 0 fully saturated rings. The molecule has 1 atom stereocenters. The second kappa shape index (κ2) is 4.05. The van der Waals surface area contributed by atoms with Crippen molar-refractivity contribution in [2.75, 3.05) is 11.5 Å². The molecule has 0 spiro atoms. The van der Waals surface area contributed by atoms with Crippen molar-refractivity contribution in [3.05, 3.63) is 17.7 Å². The summed E-state index contributed by atoms with van der Waals surface area (Å²) in [5.41, 5.74) is 17.1. The van der Waals surface area contributed by atoms with Gasteiger partial charge in [0.05, 0.1) is 11.4 Å². The number of hydrogen-bond donors (Lipinski definition) is 5. The first-order valence-corrected chi connectivity index (χ1v) is 4.27. The quantitative estimate of drug-likeness (QED) is 0.338. The van der Waals surface area contributed by atoms with Gasteiger partial charge in [0.25, 0.3) is 0 Å². The van der Waals surface area contributed by atoms with Gasteiger partial charge < -0.3 is 27.4 Å². The van der Waals surface area contributed by atoms with Gasteiger partial charge in [-0.1, -0.05) is 0 Å². The first-order chi connectivity index (χ1) is 6.91. The molecule has 0 aliphatic heterocycles. The molecule has 1 unspecified atom stereocenters. The predicted molar refractivity (Wildman–Crippen MR) is 56.2 cm³/mol. The van der Waals surface area contributed by atoms with Crippen LogP contribution >= 0.6 is 0 Å². The summed E-state index contributed by atoms with van der Waals surface area (Å²) in [7, 11) is 0. The van der Waals surface area contributed by atoms with Crippen LogP contribution in [0.15, 0.2) is 12.1 Å². The van der Waals surface area contributed by atoms with Crippen molar-refractivity contribution < 1.29 is 15.0 Å². The van der Waals surface area contributed by atoms with E-state index in [1.54, 1.807) is 0 Å². The van der Waals surface area contributed by atoms with Gasteiger partial charge in [-0.25, -0.2) is 0 Å². The lowest BCUT2D eigenvalue weighted by Crippen LogP contribution is -2.32. The number of carboxylic acids is 1. The monoisotopic (exact) mass is 211 g/mol. The van der Waals surface area contributed by atoms with Crippen LogP contribution in [0.1, 0.15) is 5.56 Å². The summed E-state index contributed by atoms with van der Waals surface area (Å²) in [5.74, 6) is -1.29. The summed E-state index contributed by atoms with van der Waals surface area (Å²) in [4.78, 5) is 10.5. The molecular weight excluding hydrogens is 198 g/mol. The molecule has 1 aromatic carbocycles. The highest BCUT2D eigenvalue weighted by Gasteiger charge is 2.13. The fourth-order valence-electron chi connectivity index (χ4n) is 1.20. The fraction of sp³-hybridized carbons (Fsp3) is 0.222. The Bertz CT molecular complexity index is 369. The Kier molecular flexibility index (Phi) is 3.01. The van der Waals surface area contributed by atoms with Crippen LogP contribution in [0.4, 0.5) is 11.4 Å². The van der Waals surface area contributed by atoms with Gasteiger partial charge in [-0.2, -0.15) is 0 Å². The average molecular weight is 211 g/mol. The molecule has 0 saturated carbocycles. The Labute approximate surface area is 86.3 Å². The zero-order valence-electron chi connectivity index (χ0n) is 7.97. The number of aliphatic carboxylic acids is 1. The van der Waals surface area contributed by atoms with E-state index in [-0.39, 0.29) is 23.5 Å². The molecule has 1 aromatic rings. The Balaban J connectivity index is 2.92. The van der Waals surface area contributed by atoms with E-state index in [9.17, 15) is 9.90 Å². The van der Waals surface area contributed by atoms with Gasteiger partial charge in [0, 0.05) is 0 Å². The lowest BCUT2D eigenvalue weighted by atomic mass is 10.0. The SMILES string of the molecule is Nc1cc(CC(N)C(=O)O)cc(N)c1O. The maximum Gasteiger partial charge on any atom is 0.320 e. The topological polar surface area (TPSA) is 136 Å². The molecule has 6 nitrogen and oxygen atoms in total. The maximum atomic E-state index is 10.5. The minimum Gasteiger partial charge on any atom is -0.504 e.